The van der Waals surface area contributed by atoms with Gasteiger partial charge in [0, 0.05) is 31.2 Å². The lowest BCUT2D eigenvalue weighted by Crippen LogP contribution is -2.51. The molecule has 7 nitrogen and oxygen atoms in total. The summed E-state index contributed by atoms with van der Waals surface area (Å²) in [5.74, 6) is -0.367. The molecule has 2 aliphatic rings. The Morgan fingerprint density at radius 2 is 1.73 bits per heavy atom. The zero-order valence-corrected chi connectivity index (χ0v) is 16.0. The first-order valence-corrected chi connectivity index (χ1v) is 10.3. The summed E-state index contributed by atoms with van der Waals surface area (Å²) in [7, 11) is -3.61. The van der Waals surface area contributed by atoms with Gasteiger partial charge >= 0.3 is 5.97 Å². The van der Waals surface area contributed by atoms with E-state index in [1.807, 2.05) is 6.92 Å². The predicted molar refractivity (Wildman–Crippen MR) is 95.0 cm³/mol. The second kappa shape index (κ2) is 7.54. The number of ether oxygens (including phenoxy) is 1. The number of carbonyl (C=O) groups is 2. The number of nitrogens with zero attached hydrogens (tertiary/aromatic N) is 2. The van der Waals surface area contributed by atoms with Gasteiger partial charge in [0.25, 0.3) is 5.91 Å². The van der Waals surface area contributed by atoms with Gasteiger partial charge in [0.2, 0.25) is 10.0 Å². The number of hydrogen-bond acceptors (Lipinski definition) is 5. The fraction of sp³-hybridized carbons (Fsp3) is 0.529. The van der Waals surface area contributed by atoms with Crippen LogP contribution in [0.15, 0.2) is 29.2 Å². The highest BCUT2D eigenvalue weighted by Gasteiger charge is 2.41. The third-order valence-corrected chi connectivity index (χ3v) is 6.96. The number of amides is 1. The number of esters is 1. The second-order valence-corrected chi connectivity index (χ2v) is 9.04. The molecule has 1 heterocycles. The van der Waals surface area contributed by atoms with Crippen LogP contribution in [0.5, 0.6) is 0 Å². The number of rotatable bonds is 5. The second-order valence-electron chi connectivity index (χ2n) is 6.67. The average Bonchev–Trinajstić information content (AvgIpc) is 3.36. The molecule has 0 radical (unpaired) electrons. The third kappa shape index (κ3) is 4.19. The number of hydrogen-bond donors (Lipinski definition) is 0. The van der Waals surface area contributed by atoms with E-state index in [9.17, 15) is 18.0 Å². The molecule has 1 aliphatic carbocycles. The molecule has 1 aromatic carbocycles. The summed E-state index contributed by atoms with van der Waals surface area (Å²) >= 11 is 5.80. The molecule has 142 valence electrons. The molecule has 1 amide bonds. The number of sulfonamides is 1. The standard InChI is InChI=1S/C17H21ClN2O5S/c1-12-10-15(12)17(22)25-11-16(21)19-6-8-20(9-7-19)26(23,24)14-4-2-13(18)3-5-14/h2-5,12,15H,6-11H2,1H3/t12-,15-/m1/s1. The summed E-state index contributed by atoms with van der Waals surface area (Å²) < 4.78 is 31.6. The van der Waals surface area contributed by atoms with Gasteiger partial charge in [-0.1, -0.05) is 18.5 Å². The third-order valence-electron chi connectivity index (χ3n) is 4.79. The van der Waals surface area contributed by atoms with Crippen molar-refractivity contribution in [3.8, 4) is 0 Å². The minimum Gasteiger partial charge on any atom is -0.455 e. The lowest BCUT2D eigenvalue weighted by atomic mass is 10.3. The van der Waals surface area contributed by atoms with Crippen LogP contribution >= 0.6 is 11.6 Å². The summed E-state index contributed by atoms with van der Waals surface area (Å²) in [6.07, 6.45) is 0.814. The van der Waals surface area contributed by atoms with Crippen LogP contribution in [0.1, 0.15) is 13.3 Å². The first-order valence-electron chi connectivity index (χ1n) is 8.49. The molecule has 1 saturated carbocycles. The number of piperazine rings is 1. The van der Waals surface area contributed by atoms with Crippen molar-refractivity contribution in [3.05, 3.63) is 29.3 Å². The highest BCUT2D eigenvalue weighted by atomic mass is 35.5. The van der Waals surface area contributed by atoms with Gasteiger partial charge in [0.1, 0.15) is 0 Å². The highest BCUT2D eigenvalue weighted by molar-refractivity contribution is 7.89. The van der Waals surface area contributed by atoms with Crippen LogP contribution in [0.3, 0.4) is 0 Å². The molecule has 2 fully saturated rings. The minimum atomic E-state index is -3.61. The van der Waals surface area contributed by atoms with E-state index in [0.29, 0.717) is 10.9 Å². The van der Waals surface area contributed by atoms with Gasteiger partial charge in [-0.2, -0.15) is 4.31 Å². The molecule has 26 heavy (non-hydrogen) atoms. The number of halogens is 1. The summed E-state index contributed by atoms with van der Waals surface area (Å²) in [6, 6.07) is 5.99. The van der Waals surface area contributed by atoms with Crippen LogP contribution in [-0.2, 0) is 24.3 Å². The monoisotopic (exact) mass is 400 g/mol. The summed E-state index contributed by atoms with van der Waals surface area (Å²) in [5, 5.41) is 0.467. The lowest BCUT2D eigenvalue weighted by Gasteiger charge is -2.33. The Bertz CT molecular complexity index is 788. The van der Waals surface area contributed by atoms with Crippen LogP contribution in [0, 0.1) is 11.8 Å². The first kappa shape index (κ1) is 19.1. The molecule has 0 bridgehead atoms. The summed E-state index contributed by atoms with van der Waals surface area (Å²) in [4.78, 5) is 25.5. The Labute approximate surface area is 157 Å². The van der Waals surface area contributed by atoms with E-state index in [1.165, 1.54) is 33.5 Å². The first-order chi connectivity index (χ1) is 12.3. The maximum atomic E-state index is 12.6. The quantitative estimate of drug-likeness (QED) is 0.697. The van der Waals surface area contributed by atoms with E-state index in [4.69, 9.17) is 16.3 Å². The molecule has 1 saturated heterocycles. The fourth-order valence-corrected chi connectivity index (χ4v) is 4.46. The molecule has 0 N–H and O–H groups in total. The van der Waals surface area contributed by atoms with Crippen LogP contribution in [0.2, 0.25) is 5.02 Å². The van der Waals surface area contributed by atoms with Crippen molar-refractivity contribution in [1.82, 2.24) is 9.21 Å². The SMILES string of the molecule is C[C@@H]1C[C@H]1C(=O)OCC(=O)N1CCN(S(=O)(=O)c2ccc(Cl)cc2)CC1. The van der Waals surface area contributed by atoms with Crippen LogP contribution in [-0.4, -0.2) is 62.3 Å². The molecule has 0 aromatic heterocycles. The van der Waals surface area contributed by atoms with E-state index < -0.39 is 10.0 Å². The lowest BCUT2D eigenvalue weighted by molar-refractivity contribution is -0.153. The van der Waals surface area contributed by atoms with Crippen molar-refractivity contribution >= 4 is 33.5 Å². The topological polar surface area (TPSA) is 84.0 Å². The molecular weight excluding hydrogens is 380 g/mol. The predicted octanol–water partition coefficient (Wildman–Crippen LogP) is 1.37. The molecular formula is C17H21ClN2O5S. The molecule has 3 rings (SSSR count). The molecule has 0 unspecified atom stereocenters. The van der Waals surface area contributed by atoms with E-state index in [0.717, 1.165) is 6.42 Å². The maximum absolute atomic E-state index is 12.6. The van der Waals surface area contributed by atoms with Crippen LogP contribution in [0.25, 0.3) is 0 Å². The van der Waals surface area contributed by atoms with Gasteiger partial charge in [-0.3, -0.25) is 9.59 Å². The Morgan fingerprint density at radius 3 is 2.27 bits per heavy atom. The molecule has 9 heteroatoms. The zero-order chi connectivity index (χ0) is 18.9. The van der Waals surface area contributed by atoms with Gasteiger partial charge in [-0.05, 0) is 36.6 Å². The fourth-order valence-electron chi connectivity index (χ4n) is 2.92. The van der Waals surface area contributed by atoms with Crippen molar-refractivity contribution in [1.29, 1.82) is 0 Å². The smallest absolute Gasteiger partial charge is 0.309 e. The molecule has 0 spiro atoms. The van der Waals surface area contributed by atoms with Crippen molar-refractivity contribution in [2.75, 3.05) is 32.8 Å². The Kier molecular flexibility index (Phi) is 5.55. The van der Waals surface area contributed by atoms with Gasteiger partial charge in [0.15, 0.2) is 6.61 Å². The van der Waals surface area contributed by atoms with Crippen molar-refractivity contribution in [2.24, 2.45) is 11.8 Å². The van der Waals surface area contributed by atoms with E-state index >= 15 is 0 Å². The summed E-state index contributed by atoms with van der Waals surface area (Å²) in [6.45, 7) is 2.61. The van der Waals surface area contributed by atoms with E-state index in [2.05, 4.69) is 0 Å². The van der Waals surface area contributed by atoms with Crippen LogP contribution < -0.4 is 0 Å². The van der Waals surface area contributed by atoms with E-state index in [1.54, 1.807) is 0 Å². The van der Waals surface area contributed by atoms with Crippen molar-refractivity contribution < 1.29 is 22.7 Å². The van der Waals surface area contributed by atoms with Gasteiger partial charge in [0.05, 0.1) is 10.8 Å². The van der Waals surface area contributed by atoms with Gasteiger partial charge in [-0.15, -0.1) is 0 Å². The highest BCUT2D eigenvalue weighted by Crippen LogP contribution is 2.38. The molecule has 1 aliphatic heterocycles. The molecule has 2 atom stereocenters. The Balaban J connectivity index is 1.51. The van der Waals surface area contributed by atoms with Crippen LogP contribution in [0.4, 0.5) is 0 Å². The van der Waals surface area contributed by atoms with Crippen molar-refractivity contribution in [2.45, 2.75) is 18.2 Å². The normalized spacial score (nSPS) is 23.5. The summed E-state index contributed by atoms with van der Waals surface area (Å²) in [5.41, 5.74) is 0. The average molecular weight is 401 g/mol. The Morgan fingerprint density at radius 1 is 1.15 bits per heavy atom. The van der Waals surface area contributed by atoms with Crippen molar-refractivity contribution in [3.63, 3.8) is 0 Å². The van der Waals surface area contributed by atoms with Gasteiger partial charge < -0.3 is 9.64 Å². The minimum absolute atomic E-state index is 0.0795. The number of carbonyl (C=O) groups excluding carboxylic acids is 2. The number of benzene rings is 1. The Hall–Kier alpha value is -1.64. The molecule has 1 aromatic rings. The van der Waals surface area contributed by atoms with E-state index in [-0.39, 0.29) is 55.5 Å². The van der Waals surface area contributed by atoms with Gasteiger partial charge in [-0.25, -0.2) is 8.42 Å². The zero-order valence-electron chi connectivity index (χ0n) is 14.4. The largest absolute Gasteiger partial charge is 0.455 e. The maximum Gasteiger partial charge on any atom is 0.309 e.